The minimum Gasteiger partial charge on any atom is -0.384 e. The average molecular weight is 285 g/mol. The first-order valence-corrected chi connectivity index (χ1v) is 7.68. The first-order valence-electron chi connectivity index (χ1n) is 7.68. The fourth-order valence-corrected chi connectivity index (χ4v) is 2.40. The van der Waals surface area contributed by atoms with Crippen LogP contribution in [0.2, 0.25) is 0 Å². The molecule has 112 valence electrons. The fraction of sp³-hybridized carbons (Fsp3) is 0.500. The van der Waals surface area contributed by atoms with E-state index < -0.39 is 0 Å². The molecule has 0 bridgehead atoms. The molecule has 0 radical (unpaired) electrons. The Balaban J connectivity index is 2.16. The molecule has 1 aromatic carbocycles. The first-order chi connectivity index (χ1) is 10.2. The Hall–Kier alpha value is -1.79. The van der Waals surface area contributed by atoms with Crippen LogP contribution in [0.1, 0.15) is 54.1 Å². The quantitative estimate of drug-likeness (QED) is 0.845. The molecule has 3 nitrogen and oxygen atoms in total. The number of carbonyl (C=O) groups is 1. The van der Waals surface area contributed by atoms with Crippen LogP contribution in [0.3, 0.4) is 0 Å². The molecule has 1 fully saturated rings. The number of carbonyl (C=O) groups excluding carboxylic acids is 1. The predicted octanol–water partition coefficient (Wildman–Crippen LogP) is 2.74. The number of aliphatic hydroxyl groups is 1. The van der Waals surface area contributed by atoms with Gasteiger partial charge in [0.15, 0.2) is 0 Å². The van der Waals surface area contributed by atoms with Crippen molar-refractivity contribution >= 4 is 5.91 Å². The van der Waals surface area contributed by atoms with E-state index in [1.165, 1.54) is 0 Å². The molecule has 21 heavy (non-hydrogen) atoms. The van der Waals surface area contributed by atoms with Crippen molar-refractivity contribution in [2.75, 3.05) is 13.2 Å². The monoisotopic (exact) mass is 285 g/mol. The highest BCUT2D eigenvalue weighted by molar-refractivity contribution is 5.95. The number of hydrogen-bond donors (Lipinski definition) is 1. The van der Waals surface area contributed by atoms with Crippen molar-refractivity contribution in [1.82, 2.24) is 4.90 Å². The number of aliphatic hydroxyl groups excluding tert-OH is 1. The molecule has 1 aliphatic carbocycles. The van der Waals surface area contributed by atoms with Gasteiger partial charge >= 0.3 is 0 Å². The third-order valence-electron chi connectivity index (χ3n) is 3.78. The lowest BCUT2D eigenvalue weighted by atomic mass is 10.0. The molecule has 1 saturated carbocycles. The molecule has 0 heterocycles. The Morgan fingerprint density at radius 2 is 2.19 bits per heavy atom. The summed E-state index contributed by atoms with van der Waals surface area (Å²) in [6.45, 7) is 4.80. The number of nitrogens with zero attached hydrogens (tertiary/aromatic N) is 1. The van der Waals surface area contributed by atoms with Gasteiger partial charge in [-0.15, -0.1) is 0 Å². The van der Waals surface area contributed by atoms with Crippen molar-refractivity contribution in [1.29, 1.82) is 0 Å². The highest BCUT2D eigenvalue weighted by atomic mass is 16.2. The van der Waals surface area contributed by atoms with Crippen LogP contribution in [0.5, 0.6) is 0 Å². The van der Waals surface area contributed by atoms with Gasteiger partial charge < -0.3 is 10.0 Å². The molecule has 2 rings (SSSR count). The van der Waals surface area contributed by atoms with E-state index in [9.17, 15) is 4.79 Å². The van der Waals surface area contributed by atoms with E-state index in [1.54, 1.807) is 0 Å². The second-order valence-electron chi connectivity index (χ2n) is 5.57. The maximum atomic E-state index is 12.7. The van der Waals surface area contributed by atoms with E-state index in [2.05, 4.69) is 18.8 Å². The standard InChI is InChI=1S/C18H23NO2/c1-3-4-11-19(17-9-10-17)18(21)16-8-7-15(6-5-12-20)14(2)13-16/h7-8,13,17,20H,3-4,9-12H2,1-2H3. The Bertz CT molecular complexity index is 564. The number of hydrogen-bond acceptors (Lipinski definition) is 2. The summed E-state index contributed by atoms with van der Waals surface area (Å²) in [4.78, 5) is 14.7. The molecular formula is C18H23NO2. The minimum absolute atomic E-state index is 0.135. The third kappa shape index (κ3) is 4.09. The maximum absolute atomic E-state index is 12.7. The van der Waals surface area contributed by atoms with E-state index in [-0.39, 0.29) is 12.5 Å². The SMILES string of the molecule is CCCCN(C(=O)c1ccc(C#CCO)c(C)c1)C1CC1. The summed E-state index contributed by atoms with van der Waals surface area (Å²) in [5.41, 5.74) is 2.59. The lowest BCUT2D eigenvalue weighted by molar-refractivity contribution is 0.0740. The summed E-state index contributed by atoms with van der Waals surface area (Å²) >= 11 is 0. The summed E-state index contributed by atoms with van der Waals surface area (Å²) < 4.78 is 0. The molecule has 0 unspecified atom stereocenters. The normalized spacial score (nSPS) is 13.5. The van der Waals surface area contributed by atoms with Gasteiger partial charge in [0, 0.05) is 23.7 Å². The van der Waals surface area contributed by atoms with Crippen LogP contribution in [0, 0.1) is 18.8 Å². The van der Waals surface area contributed by atoms with Crippen LogP contribution >= 0.6 is 0 Å². The van der Waals surface area contributed by atoms with Crippen molar-refractivity contribution < 1.29 is 9.90 Å². The number of rotatable bonds is 5. The predicted molar refractivity (Wildman–Crippen MR) is 84.1 cm³/mol. The average Bonchev–Trinajstić information content (AvgIpc) is 3.31. The van der Waals surface area contributed by atoms with Gasteiger partial charge in [-0.2, -0.15) is 0 Å². The van der Waals surface area contributed by atoms with Crippen molar-refractivity contribution in [2.45, 2.75) is 45.6 Å². The van der Waals surface area contributed by atoms with Crippen molar-refractivity contribution in [3.8, 4) is 11.8 Å². The van der Waals surface area contributed by atoms with E-state index in [1.807, 2.05) is 30.0 Å². The molecule has 1 aliphatic rings. The summed E-state index contributed by atoms with van der Waals surface area (Å²) in [6, 6.07) is 6.07. The first kappa shape index (κ1) is 15.6. The lowest BCUT2D eigenvalue weighted by Gasteiger charge is -2.22. The van der Waals surface area contributed by atoms with Gasteiger partial charge in [-0.05, 0) is 49.9 Å². The van der Waals surface area contributed by atoms with Crippen LogP contribution in [0.4, 0.5) is 0 Å². The van der Waals surface area contributed by atoms with Crippen LogP contribution in [0.15, 0.2) is 18.2 Å². The molecule has 0 atom stereocenters. The van der Waals surface area contributed by atoms with E-state index >= 15 is 0 Å². The highest BCUT2D eigenvalue weighted by Gasteiger charge is 2.32. The Labute approximate surface area is 127 Å². The third-order valence-corrected chi connectivity index (χ3v) is 3.78. The molecule has 1 amide bonds. The summed E-state index contributed by atoms with van der Waals surface area (Å²) in [7, 11) is 0. The molecule has 0 aliphatic heterocycles. The second-order valence-corrected chi connectivity index (χ2v) is 5.57. The van der Waals surface area contributed by atoms with Gasteiger partial charge in [0.25, 0.3) is 5.91 Å². The van der Waals surface area contributed by atoms with Crippen LogP contribution < -0.4 is 0 Å². The minimum atomic E-state index is -0.146. The van der Waals surface area contributed by atoms with Gasteiger partial charge in [-0.1, -0.05) is 25.2 Å². The zero-order valence-corrected chi connectivity index (χ0v) is 12.9. The van der Waals surface area contributed by atoms with Crippen molar-refractivity contribution in [2.24, 2.45) is 0 Å². The number of aryl methyl sites for hydroxylation is 1. The lowest BCUT2D eigenvalue weighted by Crippen LogP contribution is -2.34. The van der Waals surface area contributed by atoms with E-state index in [0.717, 1.165) is 48.9 Å². The van der Waals surface area contributed by atoms with Crippen molar-refractivity contribution in [3.05, 3.63) is 34.9 Å². The Morgan fingerprint density at radius 3 is 2.76 bits per heavy atom. The van der Waals surface area contributed by atoms with Crippen LogP contribution in [0.25, 0.3) is 0 Å². The largest absolute Gasteiger partial charge is 0.384 e. The topological polar surface area (TPSA) is 40.5 Å². The van der Waals surface area contributed by atoms with Gasteiger partial charge in [-0.25, -0.2) is 0 Å². The van der Waals surface area contributed by atoms with Gasteiger partial charge in [0.1, 0.15) is 6.61 Å². The fourth-order valence-electron chi connectivity index (χ4n) is 2.40. The van der Waals surface area contributed by atoms with E-state index in [0.29, 0.717) is 6.04 Å². The molecule has 0 spiro atoms. The molecule has 1 aromatic rings. The zero-order valence-electron chi connectivity index (χ0n) is 12.9. The molecule has 0 saturated heterocycles. The number of benzene rings is 1. The maximum Gasteiger partial charge on any atom is 0.254 e. The Morgan fingerprint density at radius 1 is 1.43 bits per heavy atom. The zero-order chi connectivity index (χ0) is 15.2. The summed E-state index contributed by atoms with van der Waals surface area (Å²) in [5.74, 6) is 5.68. The molecule has 1 N–H and O–H groups in total. The van der Waals surface area contributed by atoms with E-state index in [4.69, 9.17) is 5.11 Å². The summed E-state index contributed by atoms with van der Waals surface area (Å²) in [6.07, 6.45) is 4.43. The Kier molecular flexibility index (Phi) is 5.41. The smallest absolute Gasteiger partial charge is 0.254 e. The van der Waals surface area contributed by atoms with Crippen LogP contribution in [-0.4, -0.2) is 35.1 Å². The molecule has 0 aromatic heterocycles. The van der Waals surface area contributed by atoms with Gasteiger partial charge in [0.2, 0.25) is 0 Å². The van der Waals surface area contributed by atoms with Crippen LogP contribution in [-0.2, 0) is 0 Å². The van der Waals surface area contributed by atoms with Gasteiger partial charge in [-0.3, -0.25) is 4.79 Å². The number of unbranched alkanes of at least 4 members (excludes halogenated alkanes) is 1. The molecule has 3 heteroatoms. The second kappa shape index (κ2) is 7.28. The summed E-state index contributed by atoms with van der Waals surface area (Å²) in [5, 5.41) is 8.75. The van der Waals surface area contributed by atoms with Gasteiger partial charge in [0.05, 0.1) is 0 Å². The molecular weight excluding hydrogens is 262 g/mol. The van der Waals surface area contributed by atoms with Crippen molar-refractivity contribution in [3.63, 3.8) is 0 Å². The number of amides is 1. The highest BCUT2D eigenvalue weighted by Crippen LogP contribution is 2.28.